The standard InChI is InChI=1S/C53H94O6/c1-4-7-10-13-16-19-22-25-27-29-31-34-37-40-43-46-52(55)58-49-50(48-57-51(54)45-42-39-36-33-30-24-21-18-15-12-9-6-3)59-53(56)47-44-41-38-35-32-28-26-23-20-17-14-11-8-5-2/h7,10,16,19,23,25-27,50H,4-6,8-9,11-15,17-18,20-22,24,28-49H2,1-3H3/b10-7-,19-16-,26-23-,27-25-. The molecule has 0 saturated carbocycles. The Bertz CT molecular complexity index is 1040. The van der Waals surface area contributed by atoms with Crippen LogP contribution in [0.5, 0.6) is 0 Å². The van der Waals surface area contributed by atoms with Gasteiger partial charge in [-0.05, 0) is 77.0 Å². The van der Waals surface area contributed by atoms with Crippen molar-refractivity contribution in [3.63, 3.8) is 0 Å². The van der Waals surface area contributed by atoms with Crippen molar-refractivity contribution in [3.05, 3.63) is 48.6 Å². The number of allylic oxidation sites excluding steroid dienone is 8. The minimum atomic E-state index is -0.780. The van der Waals surface area contributed by atoms with Crippen LogP contribution in [0.1, 0.15) is 252 Å². The van der Waals surface area contributed by atoms with E-state index in [-0.39, 0.29) is 31.1 Å². The highest BCUT2D eigenvalue weighted by atomic mass is 16.6. The van der Waals surface area contributed by atoms with Crippen molar-refractivity contribution in [1.82, 2.24) is 0 Å². The van der Waals surface area contributed by atoms with Gasteiger partial charge in [0.15, 0.2) is 6.10 Å². The second-order valence-corrected chi connectivity index (χ2v) is 16.7. The van der Waals surface area contributed by atoms with Gasteiger partial charge < -0.3 is 14.2 Å². The minimum Gasteiger partial charge on any atom is -0.462 e. The molecule has 0 saturated heterocycles. The summed E-state index contributed by atoms with van der Waals surface area (Å²) in [4.78, 5) is 37.9. The summed E-state index contributed by atoms with van der Waals surface area (Å²) in [5.74, 6) is -0.901. The van der Waals surface area contributed by atoms with Crippen LogP contribution in [0.4, 0.5) is 0 Å². The lowest BCUT2D eigenvalue weighted by molar-refractivity contribution is -0.167. The highest BCUT2D eigenvalue weighted by molar-refractivity contribution is 5.71. The van der Waals surface area contributed by atoms with Crippen LogP contribution >= 0.6 is 0 Å². The fourth-order valence-electron chi connectivity index (χ4n) is 7.04. The van der Waals surface area contributed by atoms with Gasteiger partial charge in [0.05, 0.1) is 0 Å². The second-order valence-electron chi connectivity index (χ2n) is 16.7. The topological polar surface area (TPSA) is 78.9 Å². The molecule has 0 heterocycles. The van der Waals surface area contributed by atoms with Gasteiger partial charge in [-0.1, -0.05) is 204 Å². The third-order valence-corrected chi connectivity index (χ3v) is 10.8. The zero-order valence-electron chi connectivity index (χ0n) is 39.0. The van der Waals surface area contributed by atoms with Gasteiger partial charge in [-0.2, -0.15) is 0 Å². The largest absolute Gasteiger partial charge is 0.462 e. The summed E-state index contributed by atoms with van der Waals surface area (Å²) >= 11 is 0. The maximum Gasteiger partial charge on any atom is 0.306 e. The van der Waals surface area contributed by atoms with Crippen LogP contribution in [0, 0.1) is 0 Å². The molecule has 342 valence electrons. The number of carbonyl (C=O) groups is 3. The van der Waals surface area contributed by atoms with Crippen LogP contribution in [-0.2, 0) is 28.6 Å². The summed E-state index contributed by atoms with van der Waals surface area (Å²) in [5.41, 5.74) is 0. The highest BCUT2D eigenvalue weighted by Gasteiger charge is 2.19. The summed E-state index contributed by atoms with van der Waals surface area (Å²) in [6, 6.07) is 0. The first-order valence-electron chi connectivity index (χ1n) is 25.1. The molecule has 0 aliphatic rings. The Morgan fingerprint density at radius 2 is 0.661 bits per heavy atom. The molecule has 1 atom stereocenters. The molecular formula is C53H94O6. The van der Waals surface area contributed by atoms with E-state index in [0.29, 0.717) is 19.3 Å². The predicted molar refractivity (Wildman–Crippen MR) is 252 cm³/mol. The Kier molecular flexibility index (Phi) is 45.9. The molecule has 0 aromatic heterocycles. The van der Waals surface area contributed by atoms with Crippen molar-refractivity contribution in [3.8, 4) is 0 Å². The quantitative estimate of drug-likeness (QED) is 0.0263. The molecule has 0 rings (SSSR count). The number of hydrogen-bond acceptors (Lipinski definition) is 6. The number of unbranched alkanes of at least 4 members (excludes halogenated alkanes) is 26. The Balaban J connectivity index is 4.40. The van der Waals surface area contributed by atoms with Crippen LogP contribution in [0.2, 0.25) is 0 Å². The van der Waals surface area contributed by atoms with Crippen LogP contribution in [-0.4, -0.2) is 37.2 Å². The highest BCUT2D eigenvalue weighted by Crippen LogP contribution is 2.15. The van der Waals surface area contributed by atoms with Crippen molar-refractivity contribution in [1.29, 1.82) is 0 Å². The fourth-order valence-corrected chi connectivity index (χ4v) is 7.04. The summed E-state index contributed by atoms with van der Waals surface area (Å²) in [7, 11) is 0. The number of carbonyl (C=O) groups excluding carboxylic acids is 3. The Morgan fingerprint density at radius 1 is 0.356 bits per heavy atom. The van der Waals surface area contributed by atoms with Crippen LogP contribution in [0.3, 0.4) is 0 Å². The Labute approximate surface area is 365 Å². The second kappa shape index (κ2) is 48.0. The summed E-state index contributed by atoms with van der Waals surface area (Å²) in [6.07, 6.45) is 56.6. The lowest BCUT2D eigenvalue weighted by atomic mass is 10.0. The molecule has 0 N–H and O–H groups in total. The SMILES string of the molecule is CC/C=C\C/C=C\C/C=C\CCCCCCCC(=O)OCC(COC(=O)CCCCCCCCCCCCCC)OC(=O)CCCCCCC/C=C\CCCCCCC. The van der Waals surface area contributed by atoms with Gasteiger partial charge in [0.25, 0.3) is 0 Å². The van der Waals surface area contributed by atoms with E-state index in [9.17, 15) is 14.4 Å². The van der Waals surface area contributed by atoms with E-state index in [2.05, 4.69) is 69.4 Å². The van der Waals surface area contributed by atoms with E-state index in [4.69, 9.17) is 14.2 Å². The maximum atomic E-state index is 12.8. The molecule has 59 heavy (non-hydrogen) atoms. The van der Waals surface area contributed by atoms with E-state index in [1.54, 1.807) is 0 Å². The number of rotatable bonds is 45. The van der Waals surface area contributed by atoms with Crippen LogP contribution in [0.25, 0.3) is 0 Å². The lowest BCUT2D eigenvalue weighted by Gasteiger charge is -2.18. The normalized spacial score (nSPS) is 12.4. The van der Waals surface area contributed by atoms with Crippen LogP contribution < -0.4 is 0 Å². The van der Waals surface area contributed by atoms with Gasteiger partial charge in [0.2, 0.25) is 0 Å². The molecule has 0 spiro atoms. The molecule has 0 aromatic carbocycles. The van der Waals surface area contributed by atoms with Crippen molar-refractivity contribution < 1.29 is 28.6 Å². The molecule has 0 radical (unpaired) electrons. The van der Waals surface area contributed by atoms with Gasteiger partial charge >= 0.3 is 17.9 Å². The Morgan fingerprint density at radius 3 is 1.05 bits per heavy atom. The molecule has 0 aliphatic carbocycles. The van der Waals surface area contributed by atoms with Gasteiger partial charge in [0.1, 0.15) is 13.2 Å². The summed E-state index contributed by atoms with van der Waals surface area (Å²) in [5, 5.41) is 0. The average molecular weight is 827 g/mol. The van der Waals surface area contributed by atoms with Gasteiger partial charge in [0, 0.05) is 19.3 Å². The fraction of sp³-hybridized carbons (Fsp3) is 0.792. The molecule has 0 bridgehead atoms. The van der Waals surface area contributed by atoms with E-state index >= 15 is 0 Å². The third kappa shape index (κ3) is 46.3. The first-order valence-corrected chi connectivity index (χ1v) is 25.1. The smallest absolute Gasteiger partial charge is 0.306 e. The molecule has 0 fully saturated rings. The third-order valence-electron chi connectivity index (χ3n) is 10.8. The number of hydrogen-bond donors (Lipinski definition) is 0. The molecule has 0 aliphatic heterocycles. The van der Waals surface area contributed by atoms with Gasteiger partial charge in [-0.25, -0.2) is 0 Å². The van der Waals surface area contributed by atoms with E-state index in [0.717, 1.165) is 109 Å². The zero-order chi connectivity index (χ0) is 43.0. The van der Waals surface area contributed by atoms with Gasteiger partial charge in [-0.15, -0.1) is 0 Å². The van der Waals surface area contributed by atoms with Crippen LogP contribution in [0.15, 0.2) is 48.6 Å². The maximum absolute atomic E-state index is 12.8. The molecule has 6 nitrogen and oxygen atoms in total. The number of esters is 3. The first-order chi connectivity index (χ1) is 29.0. The summed E-state index contributed by atoms with van der Waals surface area (Å²) < 4.78 is 16.8. The van der Waals surface area contributed by atoms with Crippen molar-refractivity contribution >= 4 is 17.9 Å². The molecule has 6 heteroatoms. The van der Waals surface area contributed by atoms with Crippen molar-refractivity contribution in [2.45, 2.75) is 258 Å². The zero-order valence-corrected chi connectivity index (χ0v) is 39.0. The Hall–Kier alpha value is -2.63. The minimum absolute atomic E-state index is 0.0800. The molecular weight excluding hydrogens is 733 g/mol. The molecule has 0 aromatic rings. The molecule has 1 unspecified atom stereocenters. The van der Waals surface area contributed by atoms with Crippen molar-refractivity contribution in [2.75, 3.05) is 13.2 Å². The lowest BCUT2D eigenvalue weighted by Crippen LogP contribution is -2.30. The van der Waals surface area contributed by atoms with Gasteiger partial charge in [-0.3, -0.25) is 14.4 Å². The van der Waals surface area contributed by atoms with E-state index in [1.807, 2.05) is 0 Å². The van der Waals surface area contributed by atoms with E-state index < -0.39 is 6.10 Å². The first kappa shape index (κ1) is 56.4. The van der Waals surface area contributed by atoms with Crippen molar-refractivity contribution in [2.24, 2.45) is 0 Å². The predicted octanol–water partition coefficient (Wildman–Crippen LogP) is 16.3. The van der Waals surface area contributed by atoms with E-state index in [1.165, 1.54) is 103 Å². The monoisotopic (exact) mass is 827 g/mol. The average Bonchev–Trinajstić information content (AvgIpc) is 3.23. The number of ether oxygens (including phenoxy) is 3. The summed E-state index contributed by atoms with van der Waals surface area (Å²) in [6.45, 7) is 6.50. The molecule has 0 amide bonds.